The molecule has 0 spiro atoms. The fourth-order valence-corrected chi connectivity index (χ4v) is 5.76. The summed E-state index contributed by atoms with van der Waals surface area (Å²) < 4.78 is 0. The first-order valence-corrected chi connectivity index (χ1v) is 19.6. The van der Waals surface area contributed by atoms with Gasteiger partial charge in [0.05, 0.1) is 0 Å². The van der Waals surface area contributed by atoms with Crippen molar-refractivity contribution in [1.82, 2.24) is 31.9 Å². The van der Waals surface area contributed by atoms with Crippen molar-refractivity contribution in [2.24, 2.45) is 17.8 Å². The predicted octanol–water partition coefficient (Wildman–Crippen LogP) is 2.44. The average molecular weight is 789 g/mol. The second-order valence-electron chi connectivity index (χ2n) is 15.1. The van der Waals surface area contributed by atoms with Gasteiger partial charge < -0.3 is 42.1 Å². The molecule has 1 aromatic carbocycles. The van der Waals surface area contributed by atoms with Crippen LogP contribution in [0.25, 0.3) is 0 Å². The first-order chi connectivity index (χ1) is 26.3. The van der Waals surface area contributed by atoms with Crippen LogP contribution in [0.4, 0.5) is 0 Å². The number of hydrogen-bond donors (Lipinski definition) is 8. The molecule has 0 aliphatic heterocycles. The maximum atomic E-state index is 14.0. The maximum Gasteiger partial charge on any atom is 0.326 e. The summed E-state index contributed by atoms with van der Waals surface area (Å²) in [6.45, 7) is 14.0. The van der Waals surface area contributed by atoms with Crippen molar-refractivity contribution in [3.63, 3.8) is 0 Å². The van der Waals surface area contributed by atoms with E-state index in [4.69, 9.17) is 0 Å². The Morgan fingerprint density at radius 1 is 0.607 bits per heavy atom. The van der Waals surface area contributed by atoms with Crippen molar-refractivity contribution in [3.05, 3.63) is 35.9 Å². The highest BCUT2D eigenvalue weighted by Gasteiger charge is 2.35. The lowest BCUT2D eigenvalue weighted by atomic mass is 9.97. The van der Waals surface area contributed by atoms with E-state index in [1.165, 1.54) is 6.92 Å². The number of carbonyl (C=O) groups is 8. The fraction of sp³-hybridized carbons (Fsp3) is 0.650. The number of carbonyl (C=O) groups excluding carboxylic acids is 6. The molecule has 16 nitrogen and oxygen atoms in total. The van der Waals surface area contributed by atoms with E-state index in [2.05, 4.69) is 31.9 Å². The van der Waals surface area contributed by atoms with Gasteiger partial charge in [-0.05, 0) is 49.5 Å². The van der Waals surface area contributed by atoms with Gasteiger partial charge in [0, 0.05) is 19.3 Å². The quantitative estimate of drug-likeness (QED) is 0.0637. The highest BCUT2D eigenvalue weighted by atomic mass is 16.4. The van der Waals surface area contributed by atoms with Crippen molar-refractivity contribution < 1.29 is 48.6 Å². The summed E-state index contributed by atoms with van der Waals surface area (Å²) in [6.07, 6.45) is 2.36. The highest BCUT2D eigenvalue weighted by molar-refractivity contribution is 5.97. The molecule has 0 unspecified atom stereocenters. The van der Waals surface area contributed by atoms with E-state index in [1.807, 2.05) is 6.92 Å². The third-order valence-corrected chi connectivity index (χ3v) is 9.34. The zero-order valence-electron chi connectivity index (χ0n) is 34.1. The van der Waals surface area contributed by atoms with Crippen molar-refractivity contribution in [1.29, 1.82) is 0 Å². The number of benzene rings is 1. The van der Waals surface area contributed by atoms with Crippen LogP contribution in [-0.4, -0.2) is 93.8 Å². The molecular formula is C40H64N6O10. The topological polar surface area (TPSA) is 249 Å². The number of amides is 6. The molecule has 7 atom stereocenters. The molecule has 0 radical (unpaired) electrons. The number of unbranched alkanes of at least 4 members (excludes halogenated alkanes) is 2. The van der Waals surface area contributed by atoms with Crippen molar-refractivity contribution >= 4 is 47.4 Å². The molecule has 1 rings (SSSR count). The molecule has 0 bridgehead atoms. The van der Waals surface area contributed by atoms with Gasteiger partial charge >= 0.3 is 11.9 Å². The number of rotatable bonds is 26. The Labute approximate surface area is 330 Å². The molecule has 0 saturated carbocycles. The van der Waals surface area contributed by atoms with Gasteiger partial charge in [0.25, 0.3) is 0 Å². The molecule has 8 N–H and O–H groups in total. The van der Waals surface area contributed by atoms with Gasteiger partial charge in [-0.25, -0.2) is 4.79 Å². The Hall–Kier alpha value is -5.02. The third-order valence-electron chi connectivity index (χ3n) is 9.34. The lowest BCUT2D eigenvalue weighted by Crippen LogP contribution is -2.60. The normalized spacial score (nSPS) is 14.9. The van der Waals surface area contributed by atoms with Crippen LogP contribution in [0.5, 0.6) is 0 Å². The first-order valence-electron chi connectivity index (χ1n) is 19.6. The van der Waals surface area contributed by atoms with Crippen LogP contribution in [0.3, 0.4) is 0 Å². The van der Waals surface area contributed by atoms with E-state index in [0.717, 1.165) is 12.8 Å². The van der Waals surface area contributed by atoms with Gasteiger partial charge in [0.1, 0.15) is 36.3 Å². The summed E-state index contributed by atoms with van der Waals surface area (Å²) >= 11 is 0. The van der Waals surface area contributed by atoms with Gasteiger partial charge in [-0.15, -0.1) is 0 Å². The number of carboxylic acid groups (broad SMARTS) is 2. The van der Waals surface area contributed by atoms with Crippen LogP contribution in [-0.2, 0) is 44.8 Å². The first kappa shape index (κ1) is 49.0. The molecular weight excluding hydrogens is 724 g/mol. The third kappa shape index (κ3) is 18.1. The van der Waals surface area contributed by atoms with Crippen LogP contribution in [0.2, 0.25) is 0 Å². The van der Waals surface area contributed by atoms with E-state index < -0.39 is 90.1 Å². The minimum atomic E-state index is -1.46. The second kappa shape index (κ2) is 25.2. The monoisotopic (exact) mass is 788 g/mol. The Bertz CT molecular complexity index is 1470. The molecule has 0 saturated heterocycles. The van der Waals surface area contributed by atoms with E-state index in [-0.39, 0.29) is 43.4 Å². The zero-order valence-corrected chi connectivity index (χ0v) is 34.1. The van der Waals surface area contributed by atoms with E-state index in [1.54, 1.807) is 71.9 Å². The molecule has 314 valence electrons. The molecule has 1 aromatic rings. The zero-order chi connectivity index (χ0) is 42.5. The maximum absolute atomic E-state index is 14.0. The van der Waals surface area contributed by atoms with Gasteiger partial charge in [0.15, 0.2) is 0 Å². The molecule has 0 heterocycles. The average Bonchev–Trinajstić information content (AvgIpc) is 3.13. The lowest BCUT2D eigenvalue weighted by molar-refractivity contribution is -0.143. The largest absolute Gasteiger partial charge is 0.481 e. The molecule has 56 heavy (non-hydrogen) atoms. The van der Waals surface area contributed by atoms with Gasteiger partial charge in [-0.3, -0.25) is 33.6 Å². The highest BCUT2D eigenvalue weighted by Crippen LogP contribution is 2.13. The number of aliphatic carboxylic acids is 2. The van der Waals surface area contributed by atoms with Gasteiger partial charge in [-0.1, -0.05) is 98.1 Å². The van der Waals surface area contributed by atoms with E-state index in [0.29, 0.717) is 18.4 Å². The Morgan fingerprint density at radius 2 is 1.18 bits per heavy atom. The fourth-order valence-electron chi connectivity index (χ4n) is 5.76. The second-order valence-corrected chi connectivity index (χ2v) is 15.1. The standard InChI is InChI=1S/C40H64N6O10/c1-9-11-13-18-31(47)45-33(24(5)6)38(53)43-29(22-27-16-14-12-15-17-27)37(52)42-28(19-20-32(48)49)36(51)46-34(25(7)10-2)39(54)41-26(8)35(50)44-30(40(55)56)21-23(3)4/h12,14-17,23-26,28-30,33-34H,9-11,13,18-22H2,1-8H3,(H,41,54)(H,42,52)(H,43,53)(H,44,50)(H,45,47)(H,46,51)(H,48,49)(H,55,56)/t25-,26-,28-,29-,30-,33-,34-/m0/s1. The molecule has 0 aliphatic carbocycles. The SMILES string of the molecule is CCCCCC(=O)N[C@H](C(=O)N[C@@H](Cc1ccccc1)C(=O)N[C@@H](CCC(=O)O)C(=O)N[C@H](C(=O)N[C@@H](C)C(=O)N[C@@H](CC(C)C)C(=O)O)[C@@H](C)CC)C(C)C. The summed E-state index contributed by atoms with van der Waals surface area (Å²) in [4.78, 5) is 104. The van der Waals surface area contributed by atoms with Gasteiger partial charge in [-0.2, -0.15) is 0 Å². The van der Waals surface area contributed by atoms with Crippen molar-refractivity contribution in [2.75, 3.05) is 0 Å². The number of carboxylic acids is 2. The van der Waals surface area contributed by atoms with Crippen LogP contribution >= 0.6 is 0 Å². The lowest BCUT2D eigenvalue weighted by Gasteiger charge is -2.29. The Kier molecular flexibility index (Phi) is 22.0. The summed E-state index contributed by atoms with van der Waals surface area (Å²) in [7, 11) is 0. The molecule has 0 aromatic heterocycles. The summed E-state index contributed by atoms with van der Waals surface area (Å²) in [5, 5.41) is 34.6. The summed E-state index contributed by atoms with van der Waals surface area (Å²) in [6, 6.07) is 1.53. The summed E-state index contributed by atoms with van der Waals surface area (Å²) in [5.41, 5.74) is 0.676. The smallest absolute Gasteiger partial charge is 0.326 e. The predicted molar refractivity (Wildman–Crippen MR) is 210 cm³/mol. The Morgan fingerprint density at radius 3 is 1.71 bits per heavy atom. The summed E-state index contributed by atoms with van der Waals surface area (Å²) in [5.74, 6) is -7.40. The van der Waals surface area contributed by atoms with E-state index >= 15 is 0 Å². The number of hydrogen-bond acceptors (Lipinski definition) is 8. The van der Waals surface area contributed by atoms with E-state index in [9.17, 15) is 48.6 Å². The van der Waals surface area contributed by atoms with Crippen LogP contribution < -0.4 is 31.9 Å². The molecule has 16 heteroatoms. The molecule has 0 fully saturated rings. The minimum Gasteiger partial charge on any atom is -0.481 e. The van der Waals surface area contributed by atoms with Gasteiger partial charge in [0.2, 0.25) is 35.4 Å². The van der Waals surface area contributed by atoms with Crippen molar-refractivity contribution in [3.8, 4) is 0 Å². The van der Waals surface area contributed by atoms with Crippen LogP contribution in [0, 0.1) is 17.8 Å². The van der Waals surface area contributed by atoms with Crippen LogP contribution in [0.1, 0.15) is 112 Å². The minimum absolute atomic E-state index is 0.00129. The molecule has 0 aliphatic rings. The van der Waals surface area contributed by atoms with Crippen LogP contribution in [0.15, 0.2) is 30.3 Å². The molecule has 6 amide bonds. The van der Waals surface area contributed by atoms with Crippen molar-refractivity contribution in [2.45, 2.75) is 149 Å². The number of nitrogens with one attached hydrogen (secondary N) is 6. The Balaban J connectivity index is 3.32.